The second-order valence-electron chi connectivity index (χ2n) is 6.86. The first kappa shape index (κ1) is 17.7. The van der Waals surface area contributed by atoms with Gasteiger partial charge in [-0.15, -0.1) is 0 Å². The van der Waals surface area contributed by atoms with Crippen LogP contribution in [0.15, 0.2) is 42.7 Å². The number of likely N-dealkylation sites (tertiary alicyclic amines) is 1. The summed E-state index contributed by atoms with van der Waals surface area (Å²) in [6.07, 6.45) is 5.97. The largest absolute Gasteiger partial charge is 0.376 e. The summed E-state index contributed by atoms with van der Waals surface area (Å²) in [5.74, 6) is 1.08. The number of aromatic nitrogens is 2. The third-order valence-electron chi connectivity index (χ3n) is 4.86. The van der Waals surface area contributed by atoms with Crippen molar-refractivity contribution in [2.24, 2.45) is 5.92 Å². The molecule has 0 saturated carbocycles. The van der Waals surface area contributed by atoms with Crippen LogP contribution in [-0.2, 0) is 16.1 Å². The number of carbonyl (C=O) groups is 1. The minimum absolute atomic E-state index is 0.119. The number of amides is 1. The number of piperidine rings is 1. The van der Waals surface area contributed by atoms with Crippen molar-refractivity contribution < 1.29 is 9.53 Å². The van der Waals surface area contributed by atoms with Gasteiger partial charge in [-0.2, -0.15) is 0 Å². The van der Waals surface area contributed by atoms with Crippen LogP contribution >= 0.6 is 0 Å². The molecule has 0 N–H and O–H groups in total. The molecule has 0 aliphatic carbocycles. The van der Waals surface area contributed by atoms with Gasteiger partial charge in [0, 0.05) is 25.5 Å². The van der Waals surface area contributed by atoms with Crippen molar-refractivity contribution in [3.05, 3.63) is 54.1 Å². The van der Waals surface area contributed by atoms with E-state index in [-0.39, 0.29) is 11.8 Å². The summed E-state index contributed by atoms with van der Waals surface area (Å²) in [7, 11) is 0. The zero-order chi connectivity index (χ0) is 17.6. The average molecular weight is 341 g/mol. The maximum Gasteiger partial charge on any atom is 0.227 e. The first-order valence-corrected chi connectivity index (χ1v) is 9.05. The fourth-order valence-corrected chi connectivity index (χ4v) is 3.47. The second-order valence-corrected chi connectivity index (χ2v) is 6.86. The molecule has 3 rings (SSSR count). The molecule has 1 saturated heterocycles. The Kier molecular flexibility index (Phi) is 5.87. The Bertz CT molecular complexity index is 683. The Balaban J connectivity index is 1.50. The highest BCUT2D eigenvalue weighted by molar-refractivity contribution is 5.78. The van der Waals surface area contributed by atoms with Crippen molar-refractivity contribution in [2.75, 3.05) is 19.7 Å². The smallest absolute Gasteiger partial charge is 0.227 e. The lowest BCUT2D eigenvalue weighted by Gasteiger charge is -2.35. The van der Waals surface area contributed by atoms with E-state index in [4.69, 9.17) is 4.74 Å². The minimum atomic E-state index is -0.119. The maximum atomic E-state index is 12.8. The van der Waals surface area contributed by atoms with Crippen LogP contribution in [0.5, 0.6) is 0 Å². The number of imidazole rings is 1. The van der Waals surface area contributed by atoms with E-state index in [1.54, 1.807) is 0 Å². The van der Waals surface area contributed by atoms with Crippen LogP contribution in [0.25, 0.3) is 0 Å². The van der Waals surface area contributed by atoms with E-state index < -0.39 is 0 Å². The molecular formula is C20H27N3O2. The Hall–Kier alpha value is -2.14. The van der Waals surface area contributed by atoms with Crippen LogP contribution in [0.4, 0.5) is 0 Å². The Morgan fingerprint density at radius 2 is 2.16 bits per heavy atom. The van der Waals surface area contributed by atoms with Gasteiger partial charge in [0.25, 0.3) is 0 Å². The number of hydrogen-bond acceptors (Lipinski definition) is 3. The lowest BCUT2D eigenvalue weighted by Crippen LogP contribution is -2.44. The molecule has 1 amide bonds. The van der Waals surface area contributed by atoms with Gasteiger partial charge in [0.2, 0.25) is 5.91 Å². The van der Waals surface area contributed by atoms with Gasteiger partial charge in [0.1, 0.15) is 5.82 Å². The lowest BCUT2D eigenvalue weighted by molar-refractivity contribution is -0.138. The SMILES string of the molecule is Cc1nccn1[C@H]1CCCN(C(=O)[C@@H](C)COCc2ccccc2)C1. The number of hydrogen-bond donors (Lipinski definition) is 0. The summed E-state index contributed by atoms with van der Waals surface area (Å²) in [5, 5.41) is 0. The van der Waals surface area contributed by atoms with Crippen molar-refractivity contribution in [1.82, 2.24) is 14.5 Å². The average Bonchev–Trinajstić information content (AvgIpc) is 3.08. The van der Waals surface area contributed by atoms with Crippen LogP contribution in [0.1, 0.15) is 37.2 Å². The van der Waals surface area contributed by atoms with Crippen LogP contribution in [0.2, 0.25) is 0 Å². The topological polar surface area (TPSA) is 47.4 Å². The van der Waals surface area contributed by atoms with Gasteiger partial charge in [-0.25, -0.2) is 4.98 Å². The molecule has 2 atom stereocenters. The Morgan fingerprint density at radius 3 is 2.88 bits per heavy atom. The lowest BCUT2D eigenvalue weighted by atomic mass is 10.0. The first-order valence-electron chi connectivity index (χ1n) is 9.05. The van der Waals surface area contributed by atoms with Gasteiger partial charge < -0.3 is 14.2 Å². The first-order chi connectivity index (χ1) is 12.1. The van der Waals surface area contributed by atoms with Crippen molar-refractivity contribution in [3.63, 3.8) is 0 Å². The molecule has 1 aromatic heterocycles. The second kappa shape index (κ2) is 8.30. The predicted octanol–water partition coefficient (Wildman–Crippen LogP) is 3.21. The highest BCUT2D eigenvalue weighted by Gasteiger charge is 2.28. The molecule has 0 radical (unpaired) electrons. The molecule has 2 aromatic rings. The highest BCUT2D eigenvalue weighted by Crippen LogP contribution is 2.23. The standard InChI is InChI=1S/C20H27N3O2/c1-16(14-25-15-18-7-4-3-5-8-18)20(24)22-11-6-9-19(13-22)23-12-10-21-17(23)2/h3-5,7-8,10,12,16,19H,6,9,11,13-15H2,1-2H3/t16-,19-/m0/s1. The van der Waals surface area contributed by atoms with E-state index in [1.165, 1.54) is 0 Å². The molecule has 0 bridgehead atoms. The molecule has 1 fully saturated rings. The van der Waals surface area contributed by atoms with E-state index in [9.17, 15) is 4.79 Å². The van der Waals surface area contributed by atoms with Crippen LogP contribution in [-0.4, -0.2) is 40.1 Å². The molecule has 5 heteroatoms. The van der Waals surface area contributed by atoms with Crippen molar-refractivity contribution in [2.45, 2.75) is 39.3 Å². The quantitative estimate of drug-likeness (QED) is 0.810. The van der Waals surface area contributed by atoms with Crippen molar-refractivity contribution >= 4 is 5.91 Å². The van der Waals surface area contributed by atoms with Gasteiger partial charge in [0.05, 0.1) is 25.2 Å². The van der Waals surface area contributed by atoms with E-state index >= 15 is 0 Å². The molecule has 1 aliphatic rings. The van der Waals surface area contributed by atoms with Gasteiger partial charge in [0.15, 0.2) is 0 Å². The maximum absolute atomic E-state index is 12.8. The van der Waals surface area contributed by atoms with E-state index in [2.05, 4.69) is 9.55 Å². The Labute approximate surface area is 149 Å². The summed E-state index contributed by atoms with van der Waals surface area (Å²) < 4.78 is 7.94. The van der Waals surface area contributed by atoms with E-state index in [0.717, 1.165) is 37.3 Å². The van der Waals surface area contributed by atoms with Crippen molar-refractivity contribution in [1.29, 1.82) is 0 Å². The van der Waals surface area contributed by atoms with Crippen LogP contribution < -0.4 is 0 Å². The molecule has 2 heterocycles. The van der Waals surface area contributed by atoms with Crippen molar-refractivity contribution in [3.8, 4) is 0 Å². The molecule has 5 nitrogen and oxygen atoms in total. The molecule has 1 aliphatic heterocycles. The summed E-state index contributed by atoms with van der Waals surface area (Å²) in [4.78, 5) is 19.1. The normalized spacial score (nSPS) is 19.0. The number of benzene rings is 1. The number of rotatable bonds is 6. The highest BCUT2D eigenvalue weighted by atomic mass is 16.5. The predicted molar refractivity (Wildman–Crippen MR) is 97.1 cm³/mol. The molecular weight excluding hydrogens is 314 g/mol. The minimum Gasteiger partial charge on any atom is -0.376 e. The fourth-order valence-electron chi connectivity index (χ4n) is 3.47. The number of nitrogens with zero attached hydrogens (tertiary/aromatic N) is 3. The summed E-state index contributed by atoms with van der Waals surface area (Å²) in [6.45, 7) is 6.58. The number of ether oxygens (including phenoxy) is 1. The summed E-state index contributed by atoms with van der Waals surface area (Å²) in [6, 6.07) is 10.4. The number of carbonyl (C=O) groups excluding carboxylic acids is 1. The molecule has 25 heavy (non-hydrogen) atoms. The third-order valence-corrected chi connectivity index (χ3v) is 4.86. The monoisotopic (exact) mass is 341 g/mol. The zero-order valence-electron chi connectivity index (χ0n) is 15.1. The summed E-state index contributed by atoms with van der Waals surface area (Å²) >= 11 is 0. The van der Waals surface area contributed by atoms with Gasteiger partial charge >= 0.3 is 0 Å². The van der Waals surface area contributed by atoms with Crippen LogP contribution in [0.3, 0.4) is 0 Å². The van der Waals surface area contributed by atoms with E-state index in [1.807, 2.05) is 61.5 Å². The van der Waals surface area contributed by atoms with Gasteiger partial charge in [-0.05, 0) is 25.3 Å². The molecule has 134 valence electrons. The van der Waals surface area contributed by atoms with Crippen LogP contribution in [0, 0.1) is 12.8 Å². The zero-order valence-corrected chi connectivity index (χ0v) is 15.1. The molecule has 0 unspecified atom stereocenters. The third kappa shape index (κ3) is 4.48. The Morgan fingerprint density at radius 1 is 1.36 bits per heavy atom. The molecule has 0 spiro atoms. The fraction of sp³-hybridized carbons (Fsp3) is 0.500. The van der Waals surface area contributed by atoms with Gasteiger partial charge in [-0.1, -0.05) is 37.3 Å². The van der Waals surface area contributed by atoms with Gasteiger partial charge in [-0.3, -0.25) is 4.79 Å². The molecule has 1 aromatic carbocycles. The summed E-state index contributed by atoms with van der Waals surface area (Å²) in [5.41, 5.74) is 1.13. The number of aryl methyl sites for hydroxylation is 1. The van der Waals surface area contributed by atoms with E-state index in [0.29, 0.717) is 19.3 Å².